The lowest BCUT2D eigenvalue weighted by atomic mass is 9.44. The van der Waals surface area contributed by atoms with Crippen LogP contribution < -0.4 is 0 Å². The highest BCUT2D eigenvalue weighted by atomic mass is 16.6. The van der Waals surface area contributed by atoms with Crippen LogP contribution in [-0.4, -0.2) is 63.8 Å². The normalized spacial score (nSPS) is 49.7. The van der Waals surface area contributed by atoms with E-state index in [0.717, 1.165) is 54.3 Å². The summed E-state index contributed by atoms with van der Waals surface area (Å²) in [5.74, 6) is 6.67. The van der Waals surface area contributed by atoms with E-state index in [1.54, 1.807) is 0 Å². The zero-order valence-electron chi connectivity index (χ0n) is 26.9. The molecule has 5 aliphatic rings. The van der Waals surface area contributed by atoms with E-state index in [4.69, 9.17) is 9.47 Å². The maximum Gasteiger partial charge on any atom is 0.184 e. The third kappa shape index (κ3) is 5.93. The molecule has 4 N–H and O–H groups in total. The van der Waals surface area contributed by atoms with Crippen LogP contribution in [0.2, 0.25) is 0 Å². The average molecular weight is 579 g/mol. The van der Waals surface area contributed by atoms with Crippen LogP contribution in [-0.2, 0) is 9.47 Å². The second-order valence-corrected chi connectivity index (χ2v) is 16.1. The van der Waals surface area contributed by atoms with E-state index in [2.05, 4.69) is 41.5 Å². The summed E-state index contributed by atoms with van der Waals surface area (Å²) in [6, 6.07) is 0. The fourth-order valence-corrected chi connectivity index (χ4v) is 11.3. The molecule has 0 aromatic heterocycles. The monoisotopic (exact) mass is 578 g/mol. The molecule has 1 aliphatic heterocycles. The van der Waals surface area contributed by atoms with Crippen molar-refractivity contribution in [3.05, 3.63) is 0 Å². The summed E-state index contributed by atoms with van der Waals surface area (Å²) < 4.78 is 11.6. The number of hydrogen-bond acceptors (Lipinski definition) is 6. The van der Waals surface area contributed by atoms with E-state index in [0.29, 0.717) is 16.7 Å². The van der Waals surface area contributed by atoms with Crippen LogP contribution in [0, 0.1) is 58.2 Å². The van der Waals surface area contributed by atoms with Gasteiger partial charge in [0.05, 0.1) is 12.7 Å². The zero-order chi connectivity index (χ0) is 29.7. The molecule has 4 aliphatic carbocycles. The number of aliphatic hydroxyl groups excluding tert-OH is 4. The van der Waals surface area contributed by atoms with Gasteiger partial charge in [0.25, 0.3) is 0 Å². The first-order chi connectivity index (χ1) is 19.4. The van der Waals surface area contributed by atoms with Gasteiger partial charge >= 0.3 is 0 Å². The van der Waals surface area contributed by atoms with E-state index in [-0.39, 0.29) is 12.7 Å². The topological polar surface area (TPSA) is 99.4 Å². The van der Waals surface area contributed by atoms with Crippen molar-refractivity contribution in [2.75, 3.05) is 6.61 Å². The molecule has 41 heavy (non-hydrogen) atoms. The Morgan fingerprint density at radius 3 is 2.22 bits per heavy atom. The first kappa shape index (κ1) is 32.2. The number of hydrogen-bond donors (Lipinski definition) is 4. The Kier molecular flexibility index (Phi) is 9.91. The Labute approximate surface area is 250 Å². The van der Waals surface area contributed by atoms with Crippen molar-refractivity contribution >= 4 is 0 Å². The Balaban J connectivity index is 1.17. The third-order valence-electron chi connectivity index (χ3n) is 14.0. The van der Waals surface area contributed by atoms with Gasteiger partial charge in [0, 0.05) is 0 Å². The number of fused-ring (bicyclic) bond motifs is 5. The molecule has 0 amide bonds. The molecule has 0 radical (unpaired) electrons. The van der Waals surface area contributed by atoms with Crippen molar-refractivity contribution in [3.63, 3.8) is 0 Å². The fraction of sp³-hybridized carbons (Fsp3) is 1.00. The molecule has 1 heterocycles. The summed E-state index contributed by atoms with van der Waals surface area (Å²) in [7, 11) is 0. The van der Waals surface area contributed by atoms with E-state index >= 15 is 0 Å². The lowest BCUT2D eigenvalue weighted by Crippen LogP contribution is -2.59. The lowest BCUT2D eigenvalue weighted by molar-refractivity contribution is -0.291. The molecule has 0 spiro atoms. The Hall–Kier alpha value is -0.240. The molecule has 238 valence electrons. The molecule has 15 atom stereocenters. The summed E-state index contributed by atoms with van der Waals surface area (Å²) in [6.07, 6.45) is 9.30. The van der Waals surface area contributed by atoms with Crippen LogP contribution in [0.4, 0.5) is 0 Å². The Bertz CT molecular complexity index is 866. The quantitative estimate of drug-likeness (QED) is 0.271. The van der Waals surface area contributed by atoms with Gasteiger partial charge in [-0.25, -0.2) is 0 Å². The van der Waals surface area contributed by atoms with Crippen LogP contribution in [0.15, 0.2) is 0 Å². The third-order valence-corrected chi connectivity index (χ3v) is 14.0. The van der Waals surface area contributed by atoms with E-state index < -0.39 is 30.7 Å². The van der Waals surface area contributed by atoms with Crippen molar-refractivity contribution < 1.29 is 29.9 Å². The molecule has 5 rings (SSSR count). The summed E-state index contributed by atoms with van der Waals surface area (Å²) in [6.45, 7) is 15.2. The summed E-state index contributed by atoms with van der Waals surface area (Å²) in [4.78, 5) is 0. The molecule has 0 bridgehead atoms. The zero-order valence-corrected chi connectivity index (χ0v) is 26.9. The van der Waals surface area contributed by atoms with Gasteiger partial charge in [0.2, 0.25) is 0 Å². The molecule has 5 fully saturated rings. The van der Waals surface area contributed by atoms with E-state index in [9.17, 15) is 20.4 Å². The summed E-state index contributed by atoms with van der Waals surface area (Å²) in [5, 5.41) is 40.0. The molecular weight excluding hydrogens is 516 g/mol. The van der Waals surface area contributed by atoms with Crippen LogP contribution in [0.3, 0.4) is 0 Å². The molecule has 1 saturated heterocycles. The first-order valence-electron chi connectivity index (χ1n) is 17.4. The highest BCUT2D eigenvalue weighted by Gasteiger charge is 2.60. The van der Waals surface area contributed by atoms with Gasteiger partial charge in [0.1, 0.15) is 24.4 Å². The lowest BCUT2D eigenvalue weighted by Gasteiger charge is -2.61. The van der Waals surface area contributed by atoms with Crippen LogP contribution in [0.1, 0.15) is 119 Å². The van der Waals surface area contributed by atoms with Crippen LogP contribution in [0.5, 0.6) is 0 Å². The number of ether oxygens (including phenoxy) is 2. The van der Waals surface area contributed by atoms with Crippen molar-refractivity contribution in [2.24, 2.45) is 58.2 Å². The van der Waals surface area contributed by atoms with Gasteiger partial charge < -0.3 is 29.9 Å². The van der Waals surface area contributed by atoms with Crippen molar-refractivity contribution in [3.8, 4) is 0 Å². The van der Waals surface area contributed by atoms with Gasteiger partial charge in [-0.1, -0.05) is 54.4 Å². The molecule has 15 unspecified atom stereocenters. The van der Waals surface area contributed by atoms with Crippen molar-refractivity contribution in [1.82, 2.24) is 0 Å². The number of aliphatic hydroxyl groups is 4. The summed E-state index contributed by atoms with van der Waals surface area (Å²) >= 11 is 0. The fourth-order valence-electron chi connectivity index (χ4n) is 11.3. The molecule has 6 heteroatoms. The molecular formula is C35H62O6. The Morgan fingerprint density at radius 1 is 0.805 bits per heavy atom. The van der Waals surface area contributed by atoms with Gasteiger partial charge in [-0.2, -0.15) is 0 Å². The second-order valence-electron chi connectivity index (χ2n) is 16.1. The smallest absolute Gasteiger partial charge is 0.184 e. The maximum atomic E-state index is 10.3. The van der Waals surface area contributed by atoms with Crippen LogP contribution in [0.25, 0.3) is 0 Å². The van der Waals surface area contributed by atoms with Crippen molar-refractivity contribution in [1.29, 1.82) is 0 Å². The standard InChI is InChI=1S/C35H62O6/c1-7-22(20(2)3)9-8-21(4)26-12-13-27-25-11-10-23-18-24(14-16-34(23,5)28(25)15-17-35(26,27)6)40-19-29-30(36)31(37)32(38)33(39)41-29/h20-33,36-39H,7-19H2,1-6H3. The van der Waals surface area contributed by atoms with Crippen LogP contribution >= 0.6 is 0 Å². The number of rotatable bonds is 9. The SMILES string of the molecule is CCC(CCC(C)C1CCC2C3CCC4CC(OCC5OC(O)C(O)C(O)C5O)CCC4(C)C3CCC12C)C(C)C. The summed E-state index contributed by atoms with van der Waals surface area (Å²) in [5.41, 5.74) is 0.907. The highest BCUT2D eigenvalue weighted by molar-refractivity contribution is 5.10. The Morgan fingerprint density at radius 2 is 1.51 bits per heavy atom. The van der Waals surface area contributed by atoms with Gasteiger partial charge in [-0.3, -0.25) is 0 Å². The van der Waals surface area contributed by atoms with Gasteiger partial charge in [-0.05, 0) is 122 Å². The molecule has 4 saturated carbocycles. The largest absolute Gasteiger partial charge is 0.387 e. The second kappa shape index (κ2) is 12.6. The van der Waals surface area contributed by atoms with E-state index in [1.165, 1.54) is 64.2 Å². The minimum absolute atomic E-state index is 0.116. The molecule has 0 aromatic rings. The highest BCUT2D eigenvalue weighted by Crippen LogP contribution is 2.68. The van der Waals surface area contributed by atoms with Gasteiger partial charge in [0.15, 0.2) is 6.29 Å². The molecule has 0 aromatic carbocycles. The minimum atomic E-state index is -1.50. The predicted molar refractivity (Wildman–Crippen MR) is 161 cm³/mol. The molecule has 6 nitrogen and oxygen atoms in total. The average Bonchev–Trinajstić information content (AvgIpc) is 3.30. The predicted octanol–water partition coefficient (Wildman–Crippen LogP) is 5.93. The maximum absolute atomic E-state index is 10.3. The van der Waals surface area contributed by atoms with E-state index in [1.807, 2.05) is 0 Å². The first-order valence-corrected chi connectivity index (χ1v) is 17.4. The van der Waals surface area contributed by atoms with Gasteiger partial charge in [-0.15, -0.1) is 0 Å². The minimum Gasteiger partial charge on any atom is -0.387 e. The van der Waals surface area contributed by atoms with Crippen molar-refractivity contribution in [2.45, 2.75) is 155 Å².